The minimum atomic E-state index is -0.194. The van der Waals surface area contributed by atoms with Gasteiger partial charge in [-0.05, 0) is 51.8 Å². The summed E-state index contributed by atoms with van der Waals surface area (Å²) in [5.74, 6) is 0.281. The molecule has 0 aromatic carbocycles. The molecule has 0 aliphatic carbocycles. The second-order valence-corrected chi connectivity index (χ2v) is 8.00. The molecule has 1 aliphatic heterocycles. The highest BCUT2D eigenvalue weighted by atomic mass is 35.5. The topological polar surface area (TPSA) is 88.9 Å². The van der Waals surface area contributed by atoms with Gasteiger partial charge in [-0.3, -0.25) is 9.59 Å². The minimum absolute atomic E-state index is 0. The first-order valence-electron chi connectivity index (χ1n) is 8.83. The van der Waals surface area contributed by atoms with Crippen molar-refractivity contribution in [3.8, 4) is 10.6 Å². The predicted molar refractivity (Wildman–Crippen MR) is 117 cm³/mol. The van der Waals surface area contributed by atoms with Gasteiger partial charge in [-0.2, -0.15) is 5.10 Å². The number of hydrogen-bond donors (Lipinski definition) is 2. The van der Waals surface area contributed by atoms with Crippen molar-refractivity contribution in [1.82, 2.24) is 25.4 Å². The van der Waals surface area contributed by atoms with E-state index in [4.69, 9.17) is 0 Å². The minimum Gasteiger partial charge on any atom is -0.348 e. The molecule has 2 unspecified atom stereocenters. The maximum Gasteiger partial charge on any atom is 0.277 e. The molecule has 0 saturated carbocycles. The number of amides is 1. The van der Waals surface area contributed by atoms with Gasteiger partial charge in [0, 0.05) is 13.1 Å². The summed E-state index contributed by atoms with van der Waals surface area (Å²) >= 11 is 1.28. The Balaban J connectivity index is 0.00000196. The molecule has 2 N–H and O–H groups in total. The van der Waals surface area contributed by atoms with Crippen LogP contribution < -0.4 is 16.2 Å². The normalized spacial score (nSPS) is 18.8. The van der Waals surface area contributed by atoms with Crippen molar-refractivity contribution in [2.45, 2.75) is 40.2 Å². The first kappa shape index (κ1) is 24.6. The van der Waals surface area contributed by atoms with Gasteiger partial charge in [-0.25, -0.2) is 9.67 Å². The van der Waals surface area contributed by atoms with Crippen LogP contribution in [-0.2, 0) is 7.05 Å². The molecule has 0 radical (unpaired) electrons. The molecular weight excluding hydrogens is 421 g/mol. The lowest BCUT2D eigenvalue weighted by Gasteiger charge is -2.30. The predicted octanol–water partition coefficient (Wildman–Crippen LogP) is 2.40. The summed E-state index contributed by atoms with van der Waals surface area (Å²) in [6.07, 6.45) is 0.917. The molecule has 7 nitrogen and oxygen atoms in total. The van der Waals surface area contributed by atoms with Crippen LogP contribution in [0.25, 0.3) is 10.6 Å². The Labute approximate surface area is 181 Å². The molecule has 2 atom stereocenters. The molecule has 1 fully saturated rings. The lowest BCUT2D eigenvalue weighted by atomic mass is 9.95. The fourth-order valence-electron chi connectivity index (χ4n) is 3.28. The van der Waals surface area contributed by atoms with Crippen LogP contribution in [0.3, 0.4) is 0 Å². The van der Waals surface area contributed by atoms with Gasteiger partial charge in [0.1, 0.15) is 9.88 Å². The summed E-state index contributed by atoms with van der Waals surface area (Å²) in [6.45, 7) is 9.50. The van der Waals surface area contributed by atoms with Crippen LogP contribution in [0.1, 0.15) is 40.0 Å². The third-order valence-electron chi connectivity index (χ3n) is 5.04. The zero-order valence-electron chi connectivity index (χ0n) is 16.7. The third kappa shape index (κ3) is 4.74. The number of rotatable bonds is 3. The number of nitrogens with one attached hydrogen (secondary N) is 2. The molecule has 156 valence electrons. The number of carbonyl (C=O) groups excluding carboxylic acids is 1. The average Bonchev–Trinajstić information content (AvgIpc) is 2.97. The maximum atomic E-state index is 12.8. The summed E-state index contributed by atoms with van der Waals surface area (Å²) in [4.78, 5) is 30.4. The summed E-state index contributed by atoms with van der Waals surface area (Å²) in [7, 11) is 1.63. The van der Waals surface area contributed by atoms with E-state index in [1.165, 1.54) is 16.0 Å². The van der Waals surface area contributed by atoms with Crippen molar-refractivity contribution >= 4 is 42.1 Å². The van der Waals surface area contributed by atoms with Crippen molar-refractivity contribution in [2.75, 3.05) is 13.1 Å². The molecule has 2 aromatic rings. The van der Waals surface area contributed by atoms with E-state index >= 15 is 0 Å². The first-order chi connectivity index (χ1) is 12.3. The number of thiazole rings is 1. The van der Waals surface area contributed by atoms with E-state index < -0.39 is 0 Å². The highest BCUT2D eigenvalue weighted by Crippen LogP contribution is 2.29. The molecule has 1 saturated heterocycles. The molecule has 28 heavy (non-hydrogen) atoms. The fourth-order valence-corrected chi connectivity index (χ4v) is 4.34. The Morgan fingerprint density at radius 3 is 2.57 bits per heavy atom. The fraction of sp³-hybridized carbons (Fsp3) is 0.556. The largest absolute Gasteiger partial charge is 0.348 e. The van der Waals surface area contributed by atoms with Gasteiger partial charge in [0.25, 0.3) is 11.5 Å². The summed E-state index contributed by atoms with van der Waals surface area (Å²) in [5.41, 5.74) is 2.58. The summed E-state index contributed by atoms with van der Waals surface area (Å²) in [6, 6.07) is 0.159. The van der Waals surface area contributed by atoms with Crippen LogP contribution >= 0.6 is 36.2 Å². The van der Waals surface area contributed by atoms with Crippen molar-refractivity contribution in [2.24, 2.45) is 13.0 Å². The van der Waals surface area contributed by atoms with Crippen molar-refractivity contribution in [3.63, 3.8) is 0 Å². The van der Waals surface area contributed by atoms with E-state index in [0.717, 1.165) is 30.8 Å². The van der Waals surface area contributed by atoms with E-state index in [-0.39, 0.29) is 42.3 Å². The number of aromatic nitrogens is 3. The van der Waals surface area contributed by atoms with Crippen LogP contribution in [0.2, 0.25) is 0 Å². The number of carbonyl (C=O) groups is 1. The van der Waals surface area contributed by atoms with Gasteiger partial charge in [-0.15, -0.1) is 36.2 Å². The van der Waals surface area contributed by atoms with Crippen LogP contribution in [0.5, 0.6) is 0 Å². The van der Waals surface area contributed by atoms with Crippen LogP contribution in [0.4, 0.5) is 0 Å². The molecule has 10 heteroatoms. The second kappa shape index (κ2) is 9.82. The SMILES string of the molecule is Cc1nc(-c2c(C)c(C)nn(C)c2=O)sc1C(=O)NC1CCNCC1C.Cl.Cl. The number of halogens is 2. The Kier molecular flexibility index (Phi) is 8.62. The lowest BCUT2D eigenvalue weighted by molar-refractivity contribution is 0.0917. The average molecular weight is 448 g/mol. The maximum absolute atomic E-state index is 12.8. The molecule has 0 bridgehead atoms. The standard InChI is InChI=1S/C18H25N5O2S.2ClH/c1-9-8-19-7-6-13(9)21-16(24)15-12(4)20-17(26-15)14-10(2)11(3)22-23(5)18(14)25;;/h9,13,19H,6-8H2,1-5H3,(H,21,24);2*1H. The Morgan fingerprint density at radius 2 is 1.93 bits per heavy atom. The number of hydrogen-bond acceptors (Lipinski definition) is 6. The van der Waals surface area contributed by atoms with Crippen LogP contribution in [0.15, 0.2) is 4.79 Å². The summed E-state index contributed by atoms with van der Waals surface area (Å²) < 4.78 is 1.32. The molecule has 2 aromatic heterocycles. The third-order valence-corrected chi connectivity index (χ3v) is 6.22. The monoisotopic (exact) mass is 447 g/mol. The molecular formula is C18H27Cl2N5O2S. The molecule has 1 amide bonds. The molecule has 1 aliphatic rings. The molecule has 0 spiro atoms. The number of aryl methyl sites for hydroxylation is 3. The molecule has 3 heterocycles. The van der Waals surface area contributed by atoms with Crippen LogP contribution in [0, 0.1) is 26.7 Å². The smallest absolute Gasteiger partial charge is 0.277 e. The Hall–Kier alpha value is -1.48. The van der Waals surface area contributed by atoms with Crippen molar-refractivity contribution in [1.29, 1.82) is 0 Å². The highest BCUT2D eigenvalue weighted by Gasteiger charge is 2.26. The number of piperidine rings is 1. The van der Waals surface area contributed by atoms with Gasteiger partial charge >= 0.3 is 0 Å². The van der Waals surface area contributed by atoms with Crippen LogP contribution in [-0.4, -0.2) is 39.8 Å². The van der Waals surface area contributed by atoms with Gasteiger partial charge in [0.05, 0.1) is 17.0 Å². The van der Waals surface area contributed by atoms with Crippen molar-refractivity contribution in [3.05, 3.63) is 32.2 Å². The second-order valence-electron chi connectivity index (χ2n) is 7.00. The van der Waals surface area contributed by atoms with Gasteiger partial charge in [0.2, 0.25) is 0 Å². The zero-order chi connectivity index (χ0) is 19.0. The van der Waals surface area contributed by atoms with Gasteiger partial charge in [0.15, 0.2) is 0 Å². The van der Waals surface area contributed by atoms with Gasteiger partial charge in [-0.1, -0.05) is 6.92 Å². The quantitative estimate of drug-likeness (QED) is 0.753. The van der Waals surface area contributed by atoms with E-state index in [0.29, 0.717) is 27.1 Å². The zero-order valence-corrected chi connectivity index (χ0v) is 19.1. The molecule has 3 rings (SSSR count). The van der Waals surface area contributed by atoms with E-state index in [2.05, 4.69) is 27.6 Å². The number of nitrogens with zero attached hydrogens (tertiary/aromatic N) is 3. The van der Waals surface area contributed by atoms with E-state index in [1.54, 1.807) is 7.05 Å². The highest BCUT2D eigenvalue weighted by molar-refractivity contribution is 7.17. The lowest BCUT2D eigenvalue weighted by Crippen LogP contribution is -2.48. The Bertz CT molecular complexity index is 912. The summed E-state index contributed by atoms with van der Waals surface area (Å²) in [5, 5.41) is 11.3. The Morgan fingerprint density at radius 1 is 1.25 bits per heavy atom. The van der Waals surface area contributed by atoms with Crippen molar-refractivity contribution < 1.29 is 4.79 Å². The van der Waals surface area contributed by atoms with E-state index in [9.17, 15) is 9.59 Å². The first-order valence-corrected chi connectivity index (χ1v) is 9.65. The van der Waals surface area contributed by atoms with Gasteiger partial charge < -0.3 is 10.6 Å². The van der Waals surface area contributed by atoms with E-state index in [1.807, 2.05) is 20.8 Å².